The summed E-state index contributed by atoms with van der Waals surface area (Å²) in [6, 6.07) is 16.0. The molecule has 0 bridgehead atoms. The number of carbonyl (C=O) groups is 2. The molecule has 0 unspecified atom stereocenters. The zero-order chi connectivity index (χ0) is 19.6. The predicted octanol–water partition coefficient (Wildman–Crippen LogP) is 3.88. The largest absolute Gasteiger partial charge is 0.339 e. The maximum atomic E-state index is 12.6. The van der Waals surface area contributed by atoms with Gasteiger partial charge in [-0.2, -0.15) is 0 Å². The smallest absolute Gasteiger partial charge is 0.253 e. The standard InChI is InChI=1S/C22H29N3O2.ClH/c1-3-14-25(15-4-2)22(27)18-10-12-19(13-11-18)24-21(26)20(23)16-17-8-6-5-7-9-17;/h5-13,20H,3-4,14-16,23H2,1-2H3,(H,24,26);1H/t20-;/m0./s1. The highest BCUT2D eigenvalue weighted by Gasteiger charge is 2.16. The maximum absolute atomic E-state index is 12.6. The van der Waals surface area contributed by atoms with Crippen molar-refractivity contribution in [3.8, 4) is 0 Å². The lowest BCUT2D eigenvalue weighted by molar-refractivity contribution is -0.117. The molecule has 152 valence electrons. The average molecular weight is 404 g/mol. The van der Waals surface area contributed by atoms with Crippen LogP contribution in [-0.2, 0) is 11.2 Å². The van der Waals surface area contributed by atoms with Crippen molar-refractivity contribution in [2.24, 2.45) is 5.73 Å². The highest BCUT2D eigenvalue weighted by atomic mass is 35.5. The number of amides is 2. The Balaban J connectivity index is 0.00000392. The topological polar surface area (TPSA) is 75.4 Å². The van der Waals surface area contributed by atoms with Crippen LogP contribution in [0.3, 0.4) is 0 Å². The molecule has 0 spiro atoms. The molecule has 28 heavy (non-hydrogen) atoms. The Bertz CT molecular complexity index is 729. The number of halogens is 1. The molecular formula is C22H30ClN3O2. The van der Waals surface area contributed by atoms with Crippen LogP contribution in [0.25, 0.3) is 0 Å². The van der Waals surface area contributed by atoms with Gasteiger partial charge in [-0.25, -0.2) is 0 Å². The zero-order valence-electron chi connectivity index (χ0n) is 16.6. The number of carbonyl (C=O) groups excluding carboxylic acids is 2. The third-order valence-corrected chi connectivity index (χ3v) is 4.31. The fourth-order valence-corrected chi connectivity index (χ4v) is 2.93. The van der Waals surface area contributed by atoms with E-state index in [4.69, 9.17) is 5.73 Å². The van der Waals surface area contributed by atoms with Crippen LogP contribution < -0.4 is 11.1 Å². The van der Waals surface area contributed by atoms with E-state index < -0.39 is 6.04 Å². The van der Waals surface area contributed by atoms with Gasteiger partial charge in [0.25, 0.3) is 5.91 Å². The molecule has 6 heteroatoms. The summed E-state index contributed by atoms with van der Waals surface area (Å²) in [4.78, 5) is 26.8. The number of hydrogen-bond acceptors (Lipinski definition) is 3. The summed E-state index contributed by atoms with van der Waals surface area (Å²) in [5.41, 5.74) is 8.29. The molecule has 2 rings (SSSR count). The lowest BCUT2D eigenvalue weighted by atomic mass is 10.1. The van der Waals surface area contributed by atoms with Crippen molar-refractivity contribution < 1.29 is 9.59 Å². The second-order valence-corrected chi connectivity index (χ2v) is 6.66. The number of anilines is 1. The number of hydrogen-bond donors (Lipinski definition) is 2. The first-order valence-electron chi connectivity index (χ1n) is 9.54. The van der Waals surface area contributed by atoms with E-state index in [-0.39, 0.29) is 24.2 Å². The maximum Gasteiger partial charge on any atom is 0.253 e. The Morgan fingerprint density at radius 3 is 2.07 bits per heavy atom. The minimum absolute atomic E-state index is 0. The summed E-state index contributed by atoms with van der Waals surface area (Å²) in [6.45, 7) is 5.62. The van der Waals surface area contributed by atoms with Crippen molar-refractivity contribution >= 4 is 29.9 Å². The van der Waals surface area contributed by atoms with Crippen molar-refractivity contribution in [1.29, 1.82) is 0 Å². The van der Waals surface area contributed by atoms with Gasteiger partial charge in [0.15, 0.2) is 0 Å². The molecule has 2 aromatic carbocycles. The minimum atomic E-state index is -0.627. The Morgan fingerprint density at radius 1 is 0.964 bits per heavy atom. The first-order chi connectivity index (χ1) is 13.0. The second kappa shape index (κ2) is 12.2. The van der Waals surface area contributed by atoms with Gasteiger partial charge in [-0.3, -0.25) is 9.59 Å². The predicted molar refractivity (Wildman–Crippen MR) is 117 cm³/mol. The highest BCUT2D eigenvalue weighted by Crippen LogP contribution is 2.13. The molecule has 0 saturated heterocycles. The summed E-state index contributed by atoms with van der Waals surface area (Å²) < 4.78 is 0. The summed E-state index contributed by atoms with van der Waals surface area (Å²) >= 11 is 0. The van der Waals surface area contributed by atoms with E-state index in [1.807, 2.05) is 35.2 Å². The summed E-state index contributed by atoms with van der Waals surface area (Å²) in [7, 11) is 0. The van der Waals surface area contributed by atoms with Crippen molar-refractivity contribution in [3.63, 3.8) is 0 Å². The fourth-order valence-electron chi connectivity index (χ4n) is 2.93. The van der Waals surface area contributed by atoms with Crippen LogP contribution in [0.15, 0.2) is 54.6 Å². The van der Waals surface area contributed by atoms with E-state index in [1.54, 1.807) is 24.3 Å². The number of benzene rings is 2. The highest BCUT2D eigenvalue weighted by molar-refractivity contribution is 5.97. The van der Waals surface area contributed by atoms with Gasteiger partial charge in [-0.05, 0) is 49.1 Å². The SMILES string of the molecule is CCCN(CCC)C(=O)c1ccc(NC(=O)[C@@H](N)Cc2ccccc2)cc1.Cl. The second-order valence-electron chi connectivity index (χ2n) is 6.66. The Morgan fingerprint density at radius 2 is 1.54 bits per heavy atom. The van der Waals surface area contributed by atoms with E-state index in [2.05, 4.69) is 19.2 Å². The summed E-state index contributed by atoms with van der Waals surface area (Å²) in [5.74, 6) is -0.214. The first-order valence-corrected chi connectivity index (χ1v) is 9.54. The third kappa shape index (κ3) is 6.98. The van der Waals surface area contributed by atoms with Crippen molar-refractivity contribution in [2.75, 3.05) is 18.4 Å². The molecular weight excluding hydrogens is 374 g/mol. The molecule has 0 aromatic heterocycles. The molecule has 5 nitrogen and oxygen atoms in total. The zero-order valence-corrected chi connectivity index (χ0v) is 17.4. The molecule has 0 aliphatic rings. The third-order valence-electron chi connectivity index (χ3n) is 4.31. The van der Waals surface area contributed by atoms with Gasteiger partial charge in [0.05, 0.1) is 6.04 Å². The Labute approximate surface area is 173 Å². The molecule has 0 aliphatic carbocycles. The van der Waals surface area contributed by atoms with Crippen molar-refractivity contribution in [1.82, 2.24) is 4.90 Å². The van der Waals surface area contributed by atoms with Crippen molar-refractivity contribution in [3.05, 3.63) is 65.7 Å². The molecule has 0 radical (unpaired) electrons. The lowest BCUT2D eigenvalue weighted by Crippen LogP contribution is -2.37. The van der Waals surface area contributed by atoms with Crippen LogP contribution in [0.1, 0.15) is 42.6 Å². The van der Waals surface area contributed by atoms with E-state index >= 15 is 0 Å². The van der Waals surface area contributed by atoms with Gasteiger partial charge in [0.1, 0.15) is 0 Å². The molecule has 0 heterocycles. The molecule has 0 fully saturated rings. The van der Waals surface area contributed by atoms with Crippen LogP contribution in [0.2, 0.25) is 0 Å². The van der Waals surface area contributed by atoms with Gasteiger partial charge in [0, 0.05) is 24.3 Å². The van der Waals surface area contributed by atoms with Gasteiger partial charge in [0.2, 0.25) is 5.91 Å². The summed E-state index contributed by atoms with van der Waals surface area (Å²) in [5, 5.41) is 2.82. The van der Waals surface area contributed by atoms with Gasteiger partial charge >= 0.3 is 0 Å². The first kappa shape index (κ1) is 23.7. The van der Waals surface area contributed by atoms with Crippen LogP contribution >= 0.6 is 12.4 Å². The van der Waals surface area contributed by atoms with Gasteiger partial charge in [-0.15, -0.1) is 12.4 Å². The number of nitrogens with two attached hydrogens (primary N) is 1. The van der Waals surface area contributed by atoms with Crippen LogP contribution in [0, 0.1) is 0 Å². The average Bonchev–Trinajstić information content (AvgIpc) is 2.68. The fraction of sp³-hybridized carbons (Fsp3) is 0.364. The normalized spacial score (nSPS) is 11.2. The van der Waals surface area contributed by atoms with Gasteiger partial charge in [-0.1, -0.05) is 44.2 Å². The monoisotopic (exact) mass is 403 g/mol. The summed E-state index contributed by atoms with van der Waals surface area (Å²) in [6.07, 6.45) is 2.34. The molecule has 2 amide bonds. The quantitative estimate of drug-likeness (QED) is 0.667. The molecule has 0 saturated carbocycles. The van der Waals surface area contributed by atoms with Crippen LogP contribution in [-0.4, -0.2) is 35.8 Å². The van der Waals surface area contributed by atoms with Crippen LogP contribution in [0.4, 0.5) is 5.69 Å². The minimum Gasteiger partial charge on any atom is -0.339 e. The lowest BCUT2D eigenvalue weighted by Gasteiger charge is -2.21. The number of rotatable bonds is 9. The van der Waals surface area contributed by atoms with E-state index in [0.29, 0.717) is 17.7 Å². The molecule has 1 atom stereocenters. The van der Waals surface area contributed by atoms with E-state index in [0.717, 1.165) is 31.5 Å². The molecule has 2 aromatic rings. The van der Waals surface area contributed by atoms with E-state index in [1.165, 1.54) is 0 Å². The van der Waals surface area contributed by atoms with E-state index in [9.17, 15) is 9.59 Å². The number of nitrogens with zero attached hydrogens (tertiary/aromatic N) is 1. The molecule has 3 N–H and O–H groups in total. The van der Waals surface area contributed by atoms with Crippen molar-refractivity contribution in [2.45, 2.75) is 39.2 Å². The number of nitrogens with one attached hydrogen (secondary N) is 1. The van der Waals surface area contributed by atoms with Crippen LogP contribution in [0.5, 0.6) is 0 Å². The molecule has 0 aliphatic heterocycles. The Hall–Kier alpha value is -2.37. The van der Waals surface area contributed by atoms with Gasteiger partial charge < -0.3 is 16.0 Å². The Kier molecular flexibility index (Phi) is 10.3.